The number of amides is 1. The predicted molar refractivity (Wildman–Crippen MR) is 84.0 cm³/mol. The van der Waals surface area contributed by atoms with Crippen molar-refractivity contribution in [1.29, 1.82) is 0 Å². The van der Waals surface area contributed by atoms with Crippen molar-refractivity contribution in [3.63, 3.8) is 0 Å². The summed E-state index contributed by atoms with van der Waals surface area (Å²) in [7, 11) is 1.68. The Morgan fingerprint density at radius 2 is 2.29 bits per heavy atom. The maximum atomic E-state index is 12.3. The molecule has 1 aliphatic carbocycles. The lowest BCUT2D eigenvalue weighted by Gasteiger charge is -2.13. The van der Waals surface area contributed by atoms with Crippen LogP contribution in [0.5, 0.6) is 0 Å². The van der Waals surface area contributed by atoms with E-state index in [-0.39, 0.29) is 11.9 Å². The molecule has 3 aromatic rings. The van der Waals surface area contributed by atoms with Crippen molar-refractivity contribution in [3.8, 4) is 11.4 Å². The standard InChI is InChI=1S/C16H16N6O2/c1-9-18-15(21-24-9)11-3-5-12-10(7-11)4-6-13(12)19-16(23)14-8-17-22(2)20-14/h3,5,7-8,13H,4,6H2,1-2H3,(H,19,23). The molecule has 2 aromatic heterocycles. The van der Waals surface area contributed by atoms with Gasteiger partial charge in [0.1, 0.15) is 0 Å². The minimum absolute atomic E-state index is 0.0180. The zero-order valence-corrected chi connectivity index (χ0v) is 13.4. The van der Waals surface area contributed by atoms with Crippen molar-refractivity contribution in [1.82, 2.24) is 30.5 Å². The van der Waals surface area contributed by atoms with Crippen LogP contribution >= 0.6 is 0 Å². The van der Waals surface area contributed by atoms with Gasteiger partial charge in [-0.2, -0.15) is 14.9 Å². The van der Waals surface area contributed by atoms with Crippen molar-refractivity contribution >= 4 is 5.91 Å². The molecule has 0 aliphatic heterocycles. The molecular formula is C16H16N6O2. The molecule has 4 rings (SSSR count). The number of nitrogens with zero attached hydrogens (tertiary/aromatic N) is 5. The minimum Gasteiger partial charge on any atom is -0.344 e. The van der Waals surface area contributed by atoms with Crippen LogP contribution in [0.15, 0.2) is 28.9 Å². The lowest BCUT2D eigenvalue weighted by Crippen LogP contribution is -2.27. The number of aromatic nitrogens is 5. The summed E-state index contributed by atoms with van der Waals surface area (Å²) in [5.74, 6) is 0.917. The van der Waals surface area contributed by atoms with Crippen LogP contribution in [0.4, 0.5) is 0 Å². The Kier molecular flexibility index (Phi) is 3.37. The Morgan fingerprint density at radius 3 is 3.00 bits per heavy atom. The van der Waals surface area contributed by atoms with Crippen LogP contribution in [0.3, 0.4) is 0 Å². The predicted octanol–water partition coefficient (Wildman–Crippen LogP) is 1.59. The smallest absolute Gasteiger partial charge is 0.273 e. The number of carbonyl (C=O) groups is 1. The molecule has 1 amide bonds. The molecule has 1 aliphatic rings. The van der Waals surface area contributed by atoms with Gasteiger partial charge in [0.25, 0.3) is 5.91 Å². The molecule has 1 atom stereocenters. The van der Waals surface area contributed by atoms with E-state index in [1.807, 2.05) is 12.1 Å². The van der Waals surface area contributed by atoms with Crippen LogP contribution in [-0.4, -0.2) is 31.0 Å². The van der Waals surface area contributed by atoms with Gasteiger partial charge in [-0.25, -0.2) is 0 Å². The highest BCUT2D eigenvalue weighted by Crippen LogP contribution is 2.33. The largest absolute Gasteiger partial charge is 0.344 e. The van der Waals surface area contributed by atoms with E-state index in [2.05, 4.69) is 31.7 Å². The summed E-state index contributed by atoms with van der Waals surface area (Å²) in [4.78, 5) is 17.9. The SMILES string of the molecule is Cc1nc(-c2ccc3c(c2)CCC3NC(=O)c2cnn(C)n2)no1. The monoisotopic (exact) mass is 324 g/mol. The van der Waals surface area contributed by atoms with E-state index in [0.29, 0.717) is 17.4 Å². The van der Waals surface area contributed by atoms with E-state index >= 15 is 0 Å². The molecule has 24 heavy (non-hydrogen) atoms. The molecular weight excluding hydrogens is 308 g/mol. The van der Waals surface area contributed by atoms with Gasteiger partial charge in [0, 0.05) is 19.5 Å². The third-order valence-electron chi connectivity index (χ3n) is 4.14. The molecule has 8 heteroatoms. The fourth-order valence-electron chi connectivity index (χ4n) is 3.01. The maximum Gasteiger partial charge on any atom is 0.273 e. The third-order valence-corrected chi connectivity index (χ3v) is 4.14. The Hall–Kier alpha value is -3.03. The van der Waals surface area contributed by atoms with E-state index in [9.17, 15) is 4.79 Å². The maximum absolute atomic E-state index is 12.3. The topological polar surface area (TPSA) is 98.7 Å². The van der Waals surface area contributed by atoms with E-state index in [1.54, 1.807) is 14.0 Å². The van der Waals surface area contributed by atoms with Crippen molar-refractivity contribution in [2.24, 2.45) is 7.05 Å². The van der Waals surface area contributed by atoms with Crippen LogP contribution in [0.2, 0.25) is 0 Å². The molecule has 1 N–H and O–H groups in total. The number of nitrogens with one attached hydrogen (secondary N) is 1. The third kappa shape index (κ3) is 2.55. The van der Waals surface area contributed by atoms with E-state index in [1.165, 1.54) is 16.6 Å². The van der Waals surface area contributed by atoms with Gasteiger partial charge in [-0.15, -0.1) is 5.10 Å². The summed E-state index contributed by atoms with van der Waals surface area (Å²) in [6.45, 7) is 1.77. The van der Waals surface area contributed by atoms with Crippen molar-refractivity contribution in [3.05, 3.63) is 47.1 Å². The number of carbonyl (C=O) groups excluding carboxylic acids is 1. The highest BCUT2D eigenvalue weighted by molar-refractivity contribution is 5.92. The van der Waals surface area contributed by atoms with Gasteiger partial charge in [0.2, 0.25) is 11.7 Å². The van der Waals surface area contributed by atoms with Crippen LogP contribution in [0, 0.1) is 6.92 Å². The number of aryl methyl sites for hydroxylation is 3. The number of rotatable bonds is 3. The lowest BCUT2D eigenvalue weighted by atomic mass is 10.0. The first-order valence-corrected chi connectivity index (χ1v) is 7.71. The van der Waals surface area contributed by atoms with Gasteiger partial charge in [-0.3, -0.25) is 4.79 Å². The molecule has 0 spiro atoms. The zero-order chi connectivity index (χ0) is 16.7. The molecule has 0 fully saturated rings. The molecule has 1 aromatic carbocycles. The molecule has 8 nitrogen and oxygen atoms in total. The van der Waals surface area contributed by atoms with Gasteiger partial charge in [-0.1, -0.05) is 17.3 Å². The first-order chi connectivity index (χ1) is 11.6. The molecule has 0 saturated carbocycles. The lowest BCUT2D eigenvalue weighted by molar-refractivity contribution is 0.0931. The molecule has 0 bridgehead atoms. The molecule has 0 saturated heterocycles. The average molecular weight is 324 g/mol. The van der Waals surface area contributed by atoms with Crippen LogP contribution in [0.1, 0.15) is 40.0 Å². The fourth-order valence-corrected chi connectivity index (χ4v) is 3.01. The quantitative estimate of drug-likeness (QED) is 0.785. The summed E-state index contributed by atoms with van der Waals surface area (Å²) in [6, 6.07) is 6.02. The number of hydrogen-bond acceptors (Lipinski definition) is 6. The van der Waals surface area contributed by atoms with Gasteiger partial charge in [0.15, 0.2) is 5.69 Å². The van der Waals surface area contributed by atoms with Crippen molar-refractivity contribution in [2.75, 3.05) is 0 Å². The number of hydrogen-bond donors (Lipinski definition) is 1. The van der Waals surface area contributed by atoms with E-state index in [4.69, 9.17) is 4.52 Å². The van der Waals surface area contributed by atoms with Gasteiger partial charge in [0.05, 0.1) is 12.2 Å². The average Bonchev–Trinajstić information content (AvgIpc) is 3.28. The fraction of sp³-hybridized carbons (Fsp3) is 0.312. The second-order valence-electron chi connectivity index (χ2n) is 5.83. The van der Waals surface area contributed by atoms with Crippen LogP contribution in [0.25, 0.3) is 11.4 Å². The van der Waals surface area contributed by atoms with Crippen molar-refractivity contribution in [2.45, 2.75) is 25.8 Å². The van der Waals surface area contributed by atoms with Gasteiger partial charge < -0.3 is 9.84 Å². The number of fused-ring (bicyclic) bond motifs is 1. The Bertz CT molecular complexity index is 913. The first kappa shape index (κ1) is 14.6. The van der Waals surface area contributed by atoms with E-state index < -0.39 is 0 Å². The molecule has 0 radical (unpaired) electrons. The van der Waals surface area contributed by atoms with Crippen molar-refractivity contribution < 1.29 is 9.32 Å². The Labute approximate surface area is 137 Å². The summed E-state index contributed by atoms with van der Waals surface area (Å²) in [6.07, 6.45) is 3.22. The molecule has 1 unspecified atom stereocenters. The minimum atomic E-state index is -0.209. The Balaban J connectivity index is 1.55. The van der Waals surface area contributed by atoms with Crippen LogP contribution in [-0.2, 0) is 13.5 Å². The normalized spacial score (nSPS) is 16.2. The summed E-state index contributed by atoms with van der Waals surface area (Å²) >= 11 is 0. The van der Waals surface area contributed by atoms with Gasteiger partial charge in [-0.05, 0) is 30.0 Å². The van der Waals surface area contributed by atoms with Crippen LogP contribution < -0.4 is 5.32 Å². The summed E-state index contributed by atoms with van der Waals surface area (Å²) in [5.41, 5.74) is 3.56. The zero-order valence-electron chi connectivity index (χ0n) is 13.4. The van der Waals surface area contributed by atoms with Gasteiger partial charge >= 0.3 is 0 Å². The molecule has 122 valence electrons. The number of benzene rings is 1. The summed E-state index contributed by atoms with van der Waals surface area (Å²) in [5, 5.41) is 14.9. The Morgan fingerprint density at radius 1 is 1.42 bits per heavy atom. The second kappa shape index (κ2) is 5.55. The second-order valence-corrected chi connectivity index (χ2v) is 5.83. The summed E-state index contributed by atoms with van der Waals surface area (Å²) < 4.78 is 5.03. The molecule has 2 heterocycles. The first-order valence-electron chi connectivity index (χ1n) is 7.71. The highest BCUT2D eigenvalue weighted by atomic mass is 16.5. The van der Waals surface area contributed by atoms with E-state index in [0.717, 1.165) is 24.0 Å². The highest BCUT2D eigenvalue weighted by Gasteiger charge is 2.26.